The van der Waals surface area contributed by atoms with Crippen LogP contribution in [0.15, 0.2) is 0 Å². The van der Waals surface area contributed by atoms with E-state index >= 15 is 0 Å². The number of hydrogen-bond donors (Lipinski definition) is 0. The van der Waals surface area contributed by atoms with Crippen molar-refractivity contribution >= 4 is 11.8 Å². The molecule has 0 saturated carbocycles. The van der Waals surface area contributed by atoms with Crippen molar-refractivity contribution in [2.45, 2.75) is 13.8 Å². The fourth-order valence-corrected chi connectivity index (χ4v) is 1.37. The van der Waals surface area contributed by atoms with E-state index in [-0.39, 0.29) is 24.9 Å². The molecule has 4 heteroatoms. The van der Waals surface area contributed by atoms with Crippen LogP contribution in [0.1, 0.15) is 13.8 Å². The van der Waals surface area contributed by atoms with Crippen LogP contribution in [0.25, 0.3) is 0 Å². The third-order valence-corrected chi connectivity index (χ3v) is 2.06. The van der Waals surface area contributed by atoms with Crippen LogP contribution >= 0.6 is 0 Å². The first kappa shape index (κ1) is 10.0. The van der Waals surface area contributed by atoms with E-state index in [0.29, 0.717) is 12.5 Å². The molecular formula is C9H16N2O2. The quantitative estimate of drug-likeness (QED) is 0.603. The first-order valence-electron chi connectivity index (χ1n) is 4.52. The molecule has 0 atom stereocenters. The SMILES string of the molecule is CC(C)CN1CC(=O)N(C)CC1=O. The number of rotatable bonds is 2. The van der Waals surface area contributed by atoms with Crippen molar-refractivity contribution < 1.29 is 9.59 Å². The van der Waals surface area contributed by atoms with Crippen LogP contribution in [0.5, 0.6) is 0 Å². The molecule has 0 aromatic carbocycles. The molecule has 13 heavy (non-hydrogen) atoms. The summed E-state index contributed by atoms with van der Waals surface area (Å²) in [6.07, 6.45) is 0. The van der Waals surface area contributed by atoms with Gasteiger partial charge in [0.1, 0.15) is 0 Å². The van der Waals surface area contributed by atoms with E-state index in [1.807, 2.05) is 13.8 Å². The van der Waals surface area contributed by atoms with Crippen molar-refractivity contribution in [1.29, 1.82) is 0 Å². The van der Waals surface area contributed by atoms with Crippen molar-refractivity contribution in [2.75, 3.05) is 26.7 Å². The molecule has 1 fully saturated rings. The maximum Gasteiger partial charge on any atom is 0.242 e. The molecular weight excluding hydrogens is 168 g/mol. The Morgan fingerprint density at radius 2 is 1.85 bits per heavy atom. The Balaban J connectivity index is 2.56. The summed E-state index contributed by atoms with van der Waals surface area (Å²) in [7, 11) is 1.66. The van der Waals surface area contributed by atoms with Crippen molar-refractivity contribution in [1.82, 2.24) is 9.80 Å². The Morgan fingerprint density at radius 1 is 1.23 bits per heavy atom. The number of carbonyl (C=O) groups is 2. The third-order valence-electron chi connectivity index (χ3n) is 2.06. The molecule has 4 nitrogen and oxygen atoms in total. The zero-order valence-corrected chi connectivity index (χ0v) is 8.41. The number of hydrogen-bond acceptors (Lipinski definition) is 2. The predicted octanol–water partition coefficient (Wildman–Crippen LogP) is -0.0570. The van der Waals surface area contributed by atoms with Crippen LogP contribution in [0.4, 0.5) is 0 Å². The lowest BCUT2D eigenvalue weighted by atomic mass is 10.2. The number of carbonyl (C=O) groups excluding carboxylic acids is 2. The molecule has 74 valence electrons. The third kappa shape index (κ3) is 2.44. The standard InChI is InChI=1S/C9H16N2O2/c1-7(2)4-11-6-8(12)10(3)5-9(11)13/h7H,4-6H2,1-3H3. The molecule has 0 spiro atoms. The summed E-state index contributed by atoms with van der Waals surface area (Å²) < 4.78 is 0. The van der Waals surface area contributed by atoms with E-state index in [1.165, 1.54) is 4.90 Å². The summed E-state index contributed by atoms with van der Waals surface area (Å²) in [5.41, 5.74) is 0. The topological polar surface area (TPSA) is 40.6 Å². The summed E-state index contributed by atoms with van der Waals surface area (Å²) in [4.78, 5) is 25.8. The van der Waals surface area contributed by atoms with Gasteiger partial charge in [-0.05, 0) is 5.92 Å². The highest BCUT2D eigenvalue weighted by molar-refractivity contribution is 5.92. The molecule has 1 heterocycles. The lowest BCUT2D eigenvalue weighted by Crippen LogP contribution is -2.53. The van der Waals surface area contributed by atoms with Gasteiger partial charge in [0.05, 0.1) is 13.1 Å². The fourth-order valence-electron chi connectivity index (χ4n) is 1.37. The molecule has 1 aliphatic rings. The lowest BCUT2D eigenvalue weighted by Gasteiger charge is -2.32. The van der Waals surface area contributed by atoms with E-state index in [0.717, 1.165) is 0 Å². The minimum absolute atomic E-state index is 0.0280. The van der Waals surface area contributed by atoms with Gasteiger partial charge in [-0.1, -0.05) is 13.8 Å². The summed E-state index contributed by atoms with van der Waals surface area (Å²) in [6, 6.07) is 0. The highest BCUT2D eigenvalue weighted by atomic mass is 16.2. The maximum atomic E-state index is 11.4. The Hall–Kier alpha value is -1.06. The van der Waals surface area contributed by atoms with Crippen LogP contribution < -0.4 is 0 Å². The smallest absolute Gasteiger partial charge is 0.242 e. The molecule has 0 aromatic heterocycles. The first-order valence-corrected chi connectivity index (χ1v) is 4.52. The van der Waals surface area contributed by atoms with Crippen LogP contribution in [0, 0.1) is 5.92 Å². The molecule has 1 saturated heterocycles. The minimum atomic E-state index is 0.0280. The second-order valence-corrected chi connectivity index (χ2v) is 3.92. The van der Waals surface area contributed by atoms with Gasteiger partial charge in [0.15, 0.2) is 0 Å². The molecule has 0 radical (unpaired) electrons. The van der Waals surface area contributed by atoms with Gasteiger partial charge in [-0.2, -0.15) is 0 Å². The van der Waals surface area contributed by atoms with E-state index in [9.17, 15) is 9.59 Å². The van der Waals surface area contributed by atoms with Crippen molar-refractivity contribution in [2.24, 2.45) is 5.92 Å². The van der Waals surface area contributed by atoms with Crippen molar-refractivity contribution in [3.8, 4) is 0 Å². The van der Waals surface area contributed by atoms with Gasteiger partial charge in [0.2, 0.25) is 11.8 Å². The average molecular weight is 184 g/mol. The first-order chi connectivity index (χ1) is 6.00. The molecule has 0 aliphatic carbocycles. The Morgan fingerprint density at radius 3 is 2.38 bits per heavy atom. The van der Waals surface area contributed by atoms with E-state index in [1.54, 1.807) is 11.9 Å². The summed E-state index contributed by atoms with van der Waals surface area (Å²) in [5, 5.41) is 0. The normalized spacial score (nSPS) is 18.8. The summed E-state index contributed by atoms with van der Waals surface area (Å²) in [5.74, 6) is 0.496. The van der Waals surface area contributed by atoms with Gasteiger partial charge in [-0.15, -0.1) is 0 Å². The van der Waals surface area contributed by atoms with Crippen LogP contribution in [0.3, 0.4) is 0 Å². The number of nitrogens with zero attached hydrogens (tertiary/aromatic N) is 2. The van der Waals surface area contributed by atoms with Crippen molar-refractivity contribution in [3.63, 3.8) is 0 Å². The number of amides is 2. The molecule has 0 aromatic rings. The van der Waals surface area contributed by atoms with E-state index in [4.69, 9.17) is 0 Å². The van der Waals surface area contributed by atoms with Gasteiger partial charge in [0, 0.05) is 13.6 Å². The highest BCUT2D eigenvalue weighted by Crippen LogP contribution is 2.05. The Kier molecular flexibility index (Phi) is 2.90. The Labute approximate surface area is 78.5 Å². The zero-order valence-electron chi connectivity index (χ0n) is 8.41. The fraction of sp³-hybridized carbons (Fsp3) is 0.778. The molecule has 1 aliphatic heterocycles. The molecule has 0 bridgehead atoms. The van der Waals surface area contributed by atoms with Gasteiger partial charge in [0.25, 0.3) is 0 Å². The Bertz CT molecular complexity index is 226. The van der Waals surface area contributed by atoms with Gasteiger partial charge < -0.3 is 9.80 Å². The van der Waals surface area contributed by atoms with E-state index < -0.39 is 0 Å². The second kappa shape index (κ2) is 3.77. The second-order valence-electron chi connectivity index (χ2n) is 3.92. The molecule has 2 amide bonds. The summed E-state index contributed by atoms with van der Waals surface area (Å²) >= 11 is 0. The van der Waals surface area contributed by atoms with Gasteiger partial charge in [-0.25, -0.2) is 0 Å². The molecule has 0 unspecified atom stereocenters. The number of likely N-dealkylation sites (N-methyl/N-ethyl adjacent to an activating group) is 1. The predicted molar refractivity (Wildman–Crippen MR) is 49.1 cm³/mol. The monoisotopic (exact) mass is 184 g/mol. The van der Waals surface area contributed by atoms with E-state index in [2.05, 4.69) is 0 Å². The molecule has 0 N–H and O–H groups in total. The molecule has 1 rings (SSSR count). The van der Waals surface area contributed by atoms with Crippen molar-refractivity contribution in [3.05, 3.63) is 0 Å². The van der Waals surface area contributed by atoms with Crippen LogP contribution in [0.2, 0.25) is 0 Å². The lowest BCUT2D eigenvalue weighted by molar-refractivity contribution is -0.149. The van der Waals surface area contributed by atoms with Gasteiger partial charge in [-0.3, -0.25) is 9.59 Å². The number of piperazine rings is 1. The van der Waals surface area contributed by atoms with Gasteiger partial charge >= 0.3 is 0 Å². The summed E-state index contributed by atoms with van der Waals surface area (Å²) in [6.45, 7) is 5.23. The van der Waals surface area contributed by atoms with Crippen LogP contribution in [-0.4, -0.2) is 48.3 Å². The van der Waals surface area contributed by atoms with Crippen LogP contribution in [-0.2, 0) is 9.59 Å². The largest absolute Gasteiger partial charge is 0.335 e. The maximum absolute atomic E-state index is 11.4. The minimum Gasteiger partial charge on any atom is -0.335 e. The highest BCUT2D eigenvalue weighted by Gasteiger charge is 2.27. The zero-order chi connectivity index (χ0) is 10.0. The average Bonchev–Trinajstić information content (AvgIpc) is 1.99.